The predicted molar refractivity (Wildman–Crippen MR) is 127 cm³/mol. The molecule has 0 fully saturated rings. The maximum atomic E-state index is 12.6. The molecular formula is C24H30N2O6S. The SMILES string of the molecule is COc1ccc(OC)c(C(C)NC(=O)COC(=O)c2ccccc2SCC(=O)NC(C)C)c1. The molecular weight excluding hydrogens is 444 g/mol. The Morgan fingerprint density at radius 1 is 0.939 bits per heavy atom. The van der Waals surface area contributed by atoms with Crippen molar-refractivity contribution in [3.63, 3.8) is 0 Å². The molecule has 9 heteroatoms. The van der Waals surface area contributed by atoms with Gasteiger partial charge in [-0.1, -0.05) is 12.1 Å². The van der Waals surface area contributed by atoms with Gasteiger partial charge >= 0.3 is 5.97 Å². The number of ether oxygens (including phenoxy) is 3. The maximum Gasteiger partial charge on any atom is 0.339 e. The average molecular weight is 475 g/mol. The van der Waals surface area contributed by atoms with E-state index in [0.29, 0.717) is 22.0 Å². The van der Waals surface area contributed by atoms with Gasteiger partial charge in [-0.3, -0.25) is 9.59 Å². The molecule has 33 heavy (non-hydrogen) atoms. The van der Waals surface area contributed by atoms with Crippen LogP contribution < -0.4 is 20.1 Å². The van der Waals surface area contributed by atoms with E-state index < -0.39 is 24.5 Å². The van der Waals surface area contributed by atoms with E-state index in [1.54, 1.807) is 63.6 Å². The summed E-state index contributed by atoms with van der Waals surface area (Å²) in [5, 5.41) is 5.60. The first-order valence-corrected chi connectivity index (χ1v) is 11.4. The molecule has 2 N–H and O–H groups in total. The number of amides is 2. The van der Waals surface area contributed by atoms with Crippen LogP contribution in [0.4, 0.5) is 0 Å². The lowest BCUT2D eigenvalue weighted by atomic mass is 10.1. The highest BCUT2D eigenvalue weighted by atomic mass is 32.2. The second kappa shape index (κ2) is 12.7. The molecule has 2 amide bonds. The maximum absolute atomic E-state index is 12.6. The molecule has 2 rings (SSSR count). The van der Waals surface area contributed by atoms with Crippen LogP contribution in [0, 0.1) is 0 Å². The minimum atomic E-state index is -0.635. The summed E-state index contributed by atoms with van der Waals surface area (Å²) in [5.74, 6) is 0.191. The number of methoxy groups -OCH3 is 2. The van der Waals surface area contributed by atoms with Gasteiger partial charge in [0.05, 0.1) is 31.6 Å². The van der Waals surface area contributed by atoms with Crippen molar-refractivity contribution in [1.29, 1.82) is 0 Å². The first-order chi connectivity index (χ1) is 15.7. The second-order valence-electron chi connectivity index (χ2n) is 7.48. The Balaban J connectivity index is 1.96. The normalized spacial score (nSPS) is 11.5. The molecule has 0 bridgehead atoms. The fourth-order valence-electron chi connectivity index (χ4n) is 3.02. The second-order valence-corrected chi connectivity index (χ2v) is 8.50. The van der Waals surface area contributed by atoms with Crippen molar-refractivity contribution in [2.75, 3.05) is 26.6 Å². The van der Waals surface area contributed by atoms with E-state index in [2.05, 4.69) is 10.6 Å². The minimum absolute atomic E-state index is 0.0381. The molecule has 1 unspecified atom stereocenters. The molecule has 0 spiro atoms. The topological polar surface area (TPSA) is 103 Å². The van der Waals surface area contributed by atoms with E-state index in [1.165, 1.54) is 11.8 Å². The zero-order valence-electron chi connectivity index (χ0n) is 19.5. The Bertz CT molecular complexity index is 979. The predicted octanol–water partition coefficient (Wildman–Crippen LogP) is 3.35. The van der Waals surface area contributed by atoms with E-state index in [-0.39, 0.29) is 17.7 Å². The largest absolute Gasteiger partial charge is 0.497 e. The number of nitrogens with one attached hydrogen (secondary N) is 2. The Kier molecular flexibility index (Phi) is 10.1. The molecule has 1 atom stereocenters. The van der Waals surface area contributed by atoms with Crippen molar-refractivity contribution in [1.82, 2.24) is 10.6 Å². The van der Waals surface area contributed by atoms with Crippen molar-refractivity contribution in [3.8, 4) is 11.5 Å². The van der Waals surface area contributed by atoms with Crippen molar-refractivity contribution in [2.24, 2.45) is 0 Å². The summed E-state index contributed by atoms with van der Waals surface area (Å²) < 4.78 is 15.8. The number of rotatable bonds is 11. The number of hydrogen-bond donors (Lipinski definition) is 2. The summed E-state index contributed by atoms with van der Waals surface area (Å²) in [5.41, 5.74) is 1.04. The summed E-state index contributed by atoms with van der Waals surface area (Å²) >= 11 is 1.24. The smallest absolute Gasteiger partial charge is 0.339 e. The number of carbonyl (C=O) groups is 3. The molecule has 2 aromatic rings. The van der Waals surface area contributed by atoms with Crippen LogP contribution in [0.3, 0.4) is 0 Å². The van der Waals surface area contributed by atoms with E-state index in [4.69, 9.17) is 14.2 Å². The van der Waals surface area contributed by atoms with E-state index >= 15 is 0 Å². The van der Waals surface area contributed by atoms with Crippen LogP contribution in [0.15, 0.2) is 47.4 Å². The summed E-state index contributed by atoms with van der Waals surface area (Å²) in [7, 11) is 3.10. The number of esters is 1. The monoisotopic (exact) mass is 474 g/mol. The first-order valence-electron chi connectivity index (χ1n) is 10.4. The fraction of sp³-hybridized carbons (Fsp3) is 0.375. The van der Waals surface area contributed by atoms with Crippen molar-refractivity contribution < 1.29 is 28.6 Å². The van der Waals surface area contributed by atoms with Crippen LogP contribution in [0.5, 0.6) is 11.5 Å². The third-order valence-electron chi connectivity index (χ3n) is 4.53. The standard InChI is InChI=1S/C24H30N2O6S/c1-15(2)25-23(28)14-33-21-9-7-6-8-18(21)24(29)32-13-22(27)26-16(3)19-12-17(30-4)10-11-20(19)31-5/h6-12,15-16H,13-14H2,1-5H3,(H,25,28)(H,26,27). The average Bonchev–Trinajstić information content (AvgIpc) is 2.80. The molecule has 2 aromatic carbocycles. The Morgan fingerprint density at radius 2 is 1.67 bits per heavy atom. The Morgan fingerprint density at radius 3 is 2.33 bits per heavy atom. The zero-order valence-corrected chi connectivity index (χ0v) is 20.3. The Hall–Kier alpha value is -3.20. The van der Waals surface area contributed by atoms with Crippen LogP contribution in [-0.2, 0) is 14.3 Å². The molecule has 0 saturated heterocycles. The lowest BCUT2D eigenvalue weighted by molar-refractivity contribution is -0.125. The van der Waals surface area contributed by atoms with Gasteiger partial charge in [0.1, 0.15) is 11.5 Å². The number of thioether (sulfide) groups is 1. The van der Waals surface area contributed by atoms with Crippen LogP contribution >= 0.6 is 11.8 Å². The quantitative estimate of drug-likeness (QED) is 0.380. The first kappa shape index (κ1) is 26.1. The summed E-state index contributed by atoms with van der Waals surface area (Å²) in [6, 6.07) is 11.8. The molecule has 0 aliphatic rings. The van der Waals surface area contributed by atoms with Crippen LogP contribution in [-0.4, -0.2) is 50.4 Å². The third-order valence-corrected chi connectivity index (χ3v) is 5.60. The highest BCUT2D eigenvalue weighted by molar-refractivity contribution is 8.00. The van der Waals surface area contributed by atoms with Crippen LogP contribution in [0.25, 0.3) is 0 Å². The Labute approximate surface area is 198 Å². The number of benzene rings is 2. The van der Waals surface area contributed by atoms with Gasteiger partial charge in [0, 0.05) is 16.5 Å². The van der Waals surface area contributed by atoms with Crippen molar-refractivity contribution >= 4 is 29.5 Å². The van der Waals surface area contributed by atoms with Gasteiger partial charge in [-0.25, -0.2) is 4.79 Å². The lowest BCUT2D eigenvalue weighted by Crippen LogP contribution is -2.31. The highest BCUT2D eigenvalue weighted by Crippen LogP contribution is 2.29. The molecule has 0 saturated carbocycles. The molecule has 0 aliphatic heterocycles. The summed E-state index contributed by atoms with van der Waals surface area (Å²) in [4.78, 5) is 37.5. The van der Waals surface area contributed by atoms with Gasteiger partial charge in [-0.05, 0) is 51.1 Å². The zero-order chi connectivity index (χ0) is 24.4. The molecule has 8 nitrogen and oxygen atoms in total. The van der Waals surface area contributed by atoms with Gasteiger partial charge in [0.15, 0.2) is 6.61 Å². The van der Waals surface area contributed by atoms with Gasteiger partial charge in [0.2, 0.25) is 5.91 Å². The molecule has 0 heterocycles. The van der Waals surface area contributed by atoms with Crippen LogP contribution in [0.1, 0.15) is 42.7 Å². The van der Waals surface area contributed by atoms with Crippen molar-refractivity contribution in [3.05, 3.63) is 53.6 Å². The van der Waals surface area contributed by atoms with E-state index in [1.807, 2.05) is 13.8 Å². The fourth-order valence-corrected chi connectivity index (χ4v) is 3.87. The lowest BCUT2D eigenvalue weighted by Gasteiger charge is -2.18. The summed E-state index contributed by atoms with van der Waals surface area (Å²) in [6.45, 7) is 5.11. The third kappa shape index (κ3) is 8.02. The van der Waals surface area contributed by atoms with Gasteiger partial charge in [-0.15, -0.1) is 11.8 Å². The number of carbonyl (C=O) groups excluding carboxylic acids is 3. The van der Waals surface area contributed by atoms with E-state index in [0.717, 1.165) is 5.56 Å². The van der Waals surface area contributed by atoms with Gasteiger partial charge < -0.3 is 24.8 Å². The number of hydrogen-bond acceptors (Lipinski definition) is 7. The molecule has 178 valence electrons. The molecule has 0 radical (unpaired) electrons. The van der Waals surface area contributed by atoms with Crippen LogP contribution in [0.2, 0.25) is 0 Å². The molecule has 0 aliphatic carbocycles. The van der Waals surface area contributed by atoms with E-state index in [9.17, 15) is 14.4 Å². The highest BCUT2D eigenvalue weighted by Gasteiger charge is 2.18. The summed E-state index contributed by atoms with van der Waals surface area (Å²) in [6.07, 6.45) is 0. The van der Waals surface area contributed by atoms with Gasteiger partial charge in [0.25, 0.3) is 5.91 Å². The van der Waals surface area contributed by atoms with Gasteiger partial charge in [-0.2, -0.15) is 0 Å². The minimum Gasteiger partial charge on any atom is -0.497 e. The van der Waals surface area contributed by atoms with Crippen molar-refractivity contribution in [2.45, 2.75) is 37.8 Å². The molecule has 0 aromatic heterocycles.